The number of hydrogen-bond donors (Lipinski definition) is 4. The molecule has 14 heteroatoms. The molecule has 2 amide bonds. The lowest BCUT2D eigenvalue weighted by Gasteiger charge is -2.18. The molecule has 230 valence electrons. The maximum Gasteiger partial charge on any atom is 0.264 e. The van der Waals surface area contributed by atoms with Gasteiger partial charge in [0.2, 0.25) is 5.91 Å². The van der Waals surface area contributed by atoms with Gasteiger partial charge in [-0.2, -0.15) is 0 Å². The molecule has 0 unspecified atom stereocenters. The first-order chi connectivity index (χ1) is 21.0. The van der Waals surface area contributed by atoms with Crippen molar-refractivity contribution in [3.05, 3.63) is 88.6 Å². The van der Waals surface area contributed by atoms with Gasteiger partial charge in [0.15, 0.2) is 5.13 Å². The van der Waals surface area contributed by atoms with Crippen molar-refractivity contribution < 1.29 is 18.4 Å². The van der Waals surface area contributed by atoms with Crippen molar-refractivity contribution in [2.45, 2.75) is 33.1 Å². The molecule has 0 radical (unpaired) electrons. The normalized spacial score (nSPS) is 13.8. The van der Waals surface area contributed by atoms with Crippen LogP contribution >= 0.6 is 11.3 Å². The van der Waals surface area contributed by atoms with E-state index in [0.717, 1.165) is 37.2 Å². The van der Waals surface area contributed by atoms with Crippen LogP contribution in [0.15, 0.2) is 61.3 Å². The van der Waals surface area contributed by atoms with Crippen LogP contribution in [0, 0.1) is 13.8 Å². The molecule has 1 aliphatic rings. The number of nitrogens with two attached hydrogens (primary N) is 2. The second kappa shape index (κ2) is 13.3. The first-order valence-electron chi connectivity index (χ1n) is 13.9. The summed E-state index contributed by atoms with van der Waals surface area (Å²) in [6.07, 6.45) is 5.74. The van der Waals surface area contributed by atoms with Gasteiger partial charge >= 0.3 is 0 Å². The number of thiazole rings is 1. The Bertz CT molecular complexity index is 1700. The third-order valence-electron chi connectivity index (χ3n) is 7.09. The summed E-state index contributed by atoms with van der Waals surface area (Å²) in [5.41, 5.74) is 9.28. The Morgan fingerprint density at radius 3 is 2.59 bits per heavy atom. The van der Waals surface area contributed by atoms with Crippen molar-refractivity contribution in [2.24, 2.45) is 11.6 Å². The first-order valence-corrected chi connectivity index (χ1v) is 14.7. The Morgan fingerprint density at radius 1 is 1.11 bits per heavy atom. The molecule has 1 fully saturated rings. The number of benzene rings is 2. The van der Waals surface area contributed by atoms with Gasteiger partial charge in [0.1, 0.15) is 0 Å². The van der Waals surface area contributed by atoms with Gasteiger partial charge in [-0.05, 0) is 75.7 Å². The average molecular weight is 622 g/mol. The molecule has 1 aliphatic heterocycles. The number of hydrogen-bond acceptors (Lipinski definition) is 9. The molecule has 0 aliphatic carbocycles. The number of aromatic nitrogens is 3. The fraction of sp³-hybridized carbons (Fsp3) is 0.267. The van der Waals surface area contributed by atoms with E-state index in [4.69, 9.17) is 11.6 Å². The molecule has 0 saturated carbocycles. The maximum atomic E-state index is 13.7. The molecule has 2 aromatic heterocycles. The molecule has 6 N–H and O–H groups in total. The number of carbonyl (C=O) groups excluding carboxylic acids is 2. The van der Waals surface area contributed by atoms with E-state index in [-0.39, 0.29) is 22.7 Å². The summed E-state index contributed by atoms with van der Waals surface area (Å²) < 4.78 is 28.9. The van der Waals surface area contributed by atoms with Crippen molar-refractivity contribution in [2.75, 3.05) is 35.3 Å². The van der Waals surface area contributed by atoms with E-state index in [0.29, 0.717) is 33.6 Å². The molecule has 2 aromatic carbocycles. The van der Waals surface area contributed by atoms with Crippen LogP contribution in [0.25, 0.3) is 11.4 Å². The van der Waals surface area contributed by atoms with Gasteiger partial charge in [-0.3, -0.25) is 19.5 Å². The van der Waals surface area contributed by atoms with E-state index in [2.05, 4.69) is 25.5 Å². The largest absolute Gasteiger partial charge is 0.396 e. The summed E-state index contributed by atoms with van der Waals surface area (Å²) in [6.45, 7) is 5.77. The lowest BCUT2D eigenvalue weighted by molar-refractivity contribution is -0.117. The molecular formula is C30H33F2N9O2S. The van der Waals surface area contributed by atoms with E-state index in [1.807, 2.05) is 6.92 Å². The van der Waals surface area contributed by atoms with Crippen molar-refractivity contribution in [3.63, 3.8) is 0 Å². The van der Waals surface area contributed by atoms with Gasteiger partial charge in [-0.15, -0.1) is 0 Å². The standard InChI is InChI=1S/C30H33F2N9O2S/c1-18-5-6-20(29(43)37-22-9-21(28(31)32)10-23(12-22)40-14-19(2)36-17-40)11-25(18)41(34)15-24(33)26-13-35-30(44-26)38-27(42)16-39-7-3-4-8-39/h5-6,9-15,17,28H,3-4,7-8,16,33-34H2,1-2H3,(H,37,43)(H,35,38,42)/b24-15-. The van der Waals surface area contributed by atoms with Crippen molar-refractivity contribution in [1.29, 1.82) is 0 Å². The Hall–Kier alpha value is -4.66. The van der Waals surface area contributed by atoms with Crippen LogP contribution in [-0.2, 0) is 4.79 Å². The molecule has 3 heterocycles. The number of rotatable bonds is 10. The Morgan fingerprint density at radius 2 is 1.89 bits per heavy atom. The van der Waals surface area contributed by atoms with E-state index >= 15 is 0 Å². The minimum absolute atomic E-state index is 0.129. The zero-order valence-corrected chi connectivity index (χ0v) is 25.1. The lowest BCUT2D eigenvalue weighted by atomic mass is 10.1. The second-order valence-corrected chi connectivity index (χ2v) is 11.6. The molecule has 4 aromatic rings. The van der Waals surface area contributed by atoms with Gasteiger partial charge in [0.05, 0.1) is 34.8 Å². The van der Waals surface area contributed by atoms with Gasteiger partial charge < -0.3 is 20.9 Å². The summed E-state index contributed by atoms with van der Waals surface area (Å²) in [5, 5.41) is 7.25. The predicted octanol–water partition coefficient (Wildman–Crippen LogP) is 4.81. The Balaban J connectivity index is 1.29. The van der Waals surface area contributed by atoms with Crippen LogP contribution < -0.4 is 27.2 Å². The van der Waals surface area contributed by atoms with Gasteiger partial charge in [-0.1, -0.05) is 17.4 Å². The minimum Gasteiger partial charge on any atom is -0.396 e. The summed E-state index contributed by atoms with van der Waals surface area (Å²) in [7, 11) is 0. The number of hydrazine groups is 1. The number of halogens is 2. The molecule has 0 atom stereocenters. The van der Waals surface area contributed by atoms with Gasteiger partial charge in [0.25, 0.3) is 12.3 Å². The minimum atomic E-state index is -2.73. The smallest absolute Gasteiger partial charge is 0.264 e. The Kier molecular flexibility index (Phi) is 9.32. The highest BCUT2D eigenvalue weighted by Crippen LogP contribution is 2.28. The number of alkyl halides is 2. The third-order valence-corrected chi connectivity index (χ3v) is 8.05. The number of amides is 2. The van der Waals surface area contributed by atoms with Crippen LogP contribution in [0.3, 0.4) is 0 Å². The average Bonchev–Trinajstić information content (AvgIpc) is 3.76. The zero-order chi connectivity index (χ0) is 31.4. The van der Waals surface area contributed by atoms with Gasteiger partial charge in [-0.25, -0.2) is 24.6 Å². The number of anilines is 3. The highest BCUT2D eigenvalue weighted by molar-refractivity contribution is 7.16. The van der Waals surface area contributed by atoms with Crippen LogP contribution in [0.4, 0.5) is 25.3 Å². The molecule has 44 heavy (non-hydrogen) atoms. The van der Waals surface area contributed by atoms with Crippen LogP contribution in [0.5, 0.6) is 0 Å². The van der Waals surface area contributed by atoms with Crippen LogP contribution in [-0.4, -0.2) is 50.9 Å². The number of likely N-dealkylation sites (tertiary alicyclic amines) is 1. The summed E-state index contributed by atoms with van der Waals surface area (Å²) in [4.78, 5) is 36.7. The van der Waals surface area contributed by atoms with Gasteiger partial charge in [0, 0.05) is 41.1 Å². The Labute approximate surface area is 257 Å². The maximum absolute atomic E-state index is 13.7. The predicted molar refractivity (Wildman–Crippen MR) is 168 cm³/mol. The summed E-state index contributed by atoms with van der Waals surface area (Å²) >= 11 is 1.22. The van der Waals surface area contributed by atoms with E-state index < -0.39 is 12.3 Å². The topological polar surface area (TPSA) is 147 Å². The summed E-state index contributed by atoms with van der Waals surface area (Å²) in [6, 6.07) is 9.11. The summed E-state index contributed by atoms with van der Waals surface area (Å²) in [5.74, 6) is 5.70. The number of imidazole rings is 1. The molecule has 11 nitrogen and oxygen atoms in total. The highest BCUT2D eigenvalue weighted by atomic mass is 32.1. The van der Waals surface area contributed by atoms with E-state index in [1.165, 1.54) is 41.0 Å². The lowest BCUT2D eigenvalue weighted by Crippen LogP contribution is -2.30. The molecular weight excluding hydrogens is 588 g/mol. The number of aryl methyl sites for hydroxylation is 2. The molecule has 0 spiro atoms. The monoisotopic (exact) mass is 621 g/mol. The fourth-order valence-corrected chi connectivity index (χ4v) is 5.58. The number of carbonyl (C=O) groups is 2. The molecule has 0 bridgehead atoms. The van der Waals surface area contributed by atoms with Crippen LogP contribution in [0.1, 0.15) is 51.3 Å². The highest BCUT2D eigenvalue weighted by Gasteiger charge is 2.18. The molecule has 1 saturated heterocycles. The quantitative estimate of drug-likeness (QED) is 0.146. The van der Waals surface area contributed by atoms with Crippen molar-refractivity contribution in [3.8, 4) is 5.69 Å². The third kappa shape index (κ3) is 7.45. The van der Waals surface area contributed by atoms with Crippen molar-refractivity contribution >= 4 is 45.4 Å². The fourth-order valence-electron chi connectivity index (χ4n) is 4.83. The van der Waals surface area contributed by atoms with E-state index in [9.17, 15) is 18.4 Å². The number of nitrogens with zero attached hydrogens (tertiary/aromatic N) is 5. The second-order valence-electron chi connectivity index (χ2n) is 10.5. The van der Waals surface area contributed by atoms with Crippen molar-refractivity contribution in [1.82, 2.24) is 19.4 Å². The van der Waals surface area contributed by atoms with E-state index in [1.54, 1.807) is 48.1 Å². The zero-order valence-electron chi connectivity index (χ0n) is 24.3. The SMILES string of the molecule is Cc1cn(-c2cc(NC(=O)c3ccc(C)c(N(N)/C=C(\N)c4cnc(NC(=O)CN5CCCC5)s4)c3)cc(C(F)F)c2)cn1. The molecule has 5 rings (SSSR count). The first kappa shape index (κ1) is 30.8. The van der Waals surface area contributed by atoms with Crippen LogP contribution in [0.2, 0.25) is 0 Å². The number of nitrogens with one attached hydrogen (secondary N) is 2.